The van der Waals surface area contributed by atoms with Gasteiger partial charge in [-0.1, -0.05) is 6.07 Å². The lowest BCUT2D eigenvalue weighted by Gasteiger charge is -2.26. The van der Waals surface area contributed by atoms with E-state index in [4.69, 9.17) is 4.74 Å². The number of hydrogen-bond acceptors (Lipinski definition) is 2. The Hall–Kier alpha value is -1.07. The summed E-state index contributed by atoms with van der Waals surface area (Å²) in [5.41, 5.74) is -0.978. The molecule has 18 heavy (non-hydrogen) atoms. The molecule has 1 atom stereocenters. The van der Waals surface area contributed by atoms with E-state index >= 15 is 0 Å². The second kappa shape index (κ2) is 5.28. The van der Waals surface area contributed by atoms with Crippen LogP contribution in [-0.4, -0.2) is 18.8 Å². The minimum atomic E-state index is -4.36. The zero-order valence-corrected chi connectivity index (χ0v) is 10.6. The van der Waals surface area contributed by atoms with Gasteiger partial charge in [0.05, 0.1) is 11.2 Å². The lowest BCUT2D eigenvalue weighted by atomic mass is 9.88. The molecule has 0 radical (unpaired) electrons. The van der Waals surface area contributed by atoms with Gasteiger partial charge in [-0.3, -0.25) is 0 Å². The minimum absolute atomic E-state index is 0.329. The monoisotopic (exact) mass is 262 g/mol. The van der Waals surface area contributed by atoms with Gasteiger partial charge in [0.1, 0.15) is 0 Å². The third kappa shape index (κ3) is 3.46. The van der Waals surface area contributed by atoms with Gasteiger partial charge in [0, 0.05) is 20.1 Å². The van der Waals surface area contributed by atoms with Gasteiger partial charge < -0.3 is 9.84 Å². The molecule has 0 fully saturated rings. The van der Waals surface area contributed by atoms with Crippen LogP contribution in [0.15, 0.2) is 18.2 Å². The Labute approximate surface area is 104 Å². The average molecular weight is 262 g/mol. The average Bonchev–Trinajstić information content (AvgIpc) is 2.24. The van der Waals surface area contributed by atoms with E-state index in [1.165, 1.54) is 13.2 Å². The molecule has 5 heteroatoms. The highest BCUT2D eigenvalue weighted by molar-refractivity contribution is 5.36. The van der Waals surface area contributed by atoms with Crippen molar-refractivity contribution in [1.29, 1.82) is 0 Å². The van der Waals surface area contributed by atoms with Gasteiger partial charge in [0.15, 0.2) is 0 Å². The normalized spacial score (nSPS) is 15.5. The molecule has 1 rings (SSSR count). The fourth-order valence-electron chi connectivity index (χ4n) is 1.88. The first kappa shape index (κ1) is 15.0. The molecule has 0 aliphatic carbocycles. The Morgan fingerprint density at radius 3 is 2.33 bits per heavy atom. The lowest BCUT2D eigenvalue weighted by molar-refractivity contribution is -0.137. The van der Waals surface area contributed by atoms with Gasteiger partial charge in [-0.2, -0.15) is 13.2 Å². The van der Waals surface area contributed by atoms with E-state index in [1.54, 1.807) is 13.8 Å². The Balaban J connectivity index is 3.05. The van der Waals surface area contributed by atoms with Crippen LogP contribution in [0.25, 0.3) is 0 Å². The second-order valence-electron chi connectivity index (χ2n) is 4.54. The predicted molar refractivity (Wildman–Crippen MR) is 62.2 cm³/mol. The molecule has 0 aromatic heterocycles. The van der Waals surface area contributed by atoms with E-state index in [2.05, 4.69) is 0 Å². The van der Waals surface area contributed by atoms with Gasteiger partial charge in [-0.15, -0.1) is 0 Å². The number of benzene rings is 1. The summed E-state index contributed by atoms with van der Waals surface area (Å²) in [4.78, 5) is 0. The van der Waals surface area contributed by atoms with Crippen LogP contribution in [0.3, 0.4) is 0 Å². The largest absolute Gasteiger partial charge is 0.416 e. The smallest absolute Gasteiger partial charge is 0.385 e. The van der Waals surface area contributed by atoms with Crippen LogP contribution in [0, 0.1) is 6.92 Å². The Morgan fingerprint density at radius 2 is 1.89 bits per heavy atom. The van der Waals surface area contributed by atoms with Crippen LogP contribution in [0.4, 0.5) is 13.2 Å². The number of methoxy groups -OCH3 is 1. The summed E-state index contributed by atoms with van der Waals surface area (Å²) in [6, 6.07) is 3.37. The summed E-state index contributed by atoms with van der Waals surface area (Å²) < 4.78 is 42.4. The Kier molecular flexibility index (Phi) is 4.40. The SMILES string of the molecule is COCCC(C)(O)c1ccc(C(F)(F)F)cc1C. The topological polar surface area (TPSA) is 29.5 Å². The number of alkyl halides is 3. The van der Waals surface area contributed by atoms with Crippen LogP contribution >= 0.6 is 0 Å². The molecular formula is C13H17F3O2. The highest BCUT2D eigenvalue weighted by Crippen LogP contribution is 2.34. The highest BCUT2D eigenvalue weighted by Gasteiger charge is 2.32. The van der Waals surface area contributed by atoms with Crippen molar-refractivity contribution in [3.8, 4) is 0 Å². The molecular weight excluding hydrogens is 245 g/mol. The highest BCUT2D eigenvalue weighted by atomic mass is 19.4. The molecule has 0 amide bonds. The number of aryl methyl sites for hydroxylation is 1. The molecule has 2 nitrogen and oxygen atoms in total. The van der Waals surface area contributed by atoms with Crippen molar-refractivity contribution in [1.82, 2.24) is 0 Å². The molecule has 1 aromatic rings. The van der Waals surface area contributed by atoms with Crippen LogP contribution < -0.4 is 0 Å². The van der Waals surface area contributed by atoms with Gasteiger partial charge in [0.25, 0.3) is 0 Å². The van der Waals surface area contributed by atoms with Crippen LogP contribution in [0.1, 0.15) is 30.0 Å². The molecule has 0 heterocycles. The van der Waals surface area contributed by atoms with E-state index in [0.29, 0.717) is 24.2 Å². The van der Waals surface area contributed by atoms with Crippen molar-refractivity contribution in [2.45, 2.75) is 32.0 Å². The molecule has 0 aliphatic heterocycles. The summed E-state index contributed by atoms with van der Waals surface area (Å²) in [6.07, 6.45) is -4.03. The quantitative estimate of drug-likeness (QED) is 0.902. The van der Waals surface area contributed by atoms with Gasteiger partial charge in [-0.05, 0) is 37.1 Å². The van der Waals surface area contributed by atoms with E-state index in [1.807, 2.05) is 0 Å². The van der Waals surface area contributed by atoms with E-state index in [-0.39, 0.29) is 0 Å². The molecule has 1 unspecified atom stereocenters. The van der Waals surface area contributed by atoms with Gasteiger partial charge in [0.2, 0.25) is 0 Å². The Bertz CT molecular complexity index is 411. The van der Waals surface area contributed by atoms with Crippen LogP contribution in [0.2, 0.25) is 0 Å². The van der Waals surface area contributed by atoms with Gasteiger partial charge in [-0.25, -0.2) is 0 Å². The maximum atomic E-state index is 12.5. The fourth-order valence-corrected chi connectivity index (χ4v) is 1.88. The number of ether oxygens (including phenoxy) is 1. The molecule has 1 aromatic carbocycles. The lowest BCUT2D eigenvalue weighted by Crippen LogP contribution is -2.24. The minimum Gasteiger partial charge on any atom is -0.385 e. The van der Waals surface area contributed by atoms with E-state index in [0.717, 1.165) is 12.1 Å². The third-order valence-corrected chi connectivity index (χ3v) is 2.93. The first-order valence-corrected chi connectivity index (χ1v) is 5.58. The van der Waals surface area contributed by atoms with Crippen molar-refractivity contribution in [2.24, 2.45) is 0 Å². The second-order valence-corrected chi connectivity index (χ2v) is 4.54. The number of hydrogen-bond donors (Lipinski definition) is 1. The van der Waals surface area contributed by atoms with Crippen molar-refractivity contribution in [2.75, 3.05) is 13.7 Å². The van der Waals surface area contributed by atoms with Crippen LogP contribution in [-0.2, 0) is 16.5 Å². The fraction of sp³-hybridized carbons (Fsp3) is 0.538. The third-order valence-electron chi connectivity index (χ3n) is 2.93. The van der Waals surface area contributed by atoms with E-state index < -0.39 is 17.3 Å². The summed E-state index contributed by atoms with van der Waals surface area (Å²) in [5, 5.41) is 10.2. The van der Waals surface area contributed by atoms with Crippen molar-refractivity contribution in [3.05, 3.63) is 34.9 Å². The summed E-state index contributed by atoms with van der Waals surface area (Å²) in [7, 11) is 1.51. The standard InChI is InChI=1S/C13H17F3O2/c1-9-8-10(13(14,15)16)4-5-11(9)12(2,17)6-7-18-3/h4-5,8,17H,6-7H2,1-3H3. The maximum absolute atomic E-state index is 12.5. The Morgan fingerprint density at radius 1 is 1.28 bits per heavy atom. The van der Waals surface area contributed by atoms with Crippen molar-refractivity contribution < 1.29 is 23.0 Å². The zero-order chi connectivity index (χ0) is 14.0. The summed E-state index contributed by atoms with van der Waals surface area (Å²) in [6.45, 7) is 3.47. The summed E-state index contributed by atoms with van der Waals surface area (Å²) in [5.74, 6) is 0. The molecule has 102 valence electrons. The van der Waals surface area contributed by atoms with Gasteiger partial charge >= 0.3 is 6.18 Å². The first-order valence-electron chi connectivity index (χ1n) is 5.58. The molecule has 0 spiro atoms. The number of rotatable bonds is 4. The van der Waals surface area contributed by atoms with Crippen molar-refractivity contribution in [3.63, 3.8) is 0 Å². The molecule has 0 saturated carbocycles. The molecule has 0 aliphatic rings. The molecule has 0 bridgehead atoms. The summed E-state index contributed by atoms with van der Waals surface area (Å²) >= 11 is 0. The molecule has 1 N–H and O–H groups in total. The predicted octanol–water partition coefficient (Wildman–Crippen LogP) is 3.26. The molecule has 0 saturated heterocycles. The number of aliphatic hydroxyl groups is 1. The number of halogens is 3. The van der Waals surface area contributed by atoms with Crippen molar-refractivity contribution >= 4 is 0 Å². The van der Waals surface area contributed by atoms with E-state index in [9.17, 15) is 18.3 Å². The zero-order valence-electron chi connectivity index (χ0n) is 10.6. The maximum Gasteiger partial charge on any atom is 0.416 e. The first-order chi connectivity index (χ1) is 8.18. The van der Waals surface area contributed by atoms with Crippen LogP contribution in [0.5, 0.6) is 0 Å².